The monoisotopic (exact) mass is 338 g/mol. The maximum atomic E-state index is 12.6. The Bertz CT molecular complexity index is 560. The first kappa shape index (κ1) is 17.3. The molecule has 0 aromatic carbocycles. The Kier molecular flexibility index (Phi) is 5.83. The van der Waals surface area contributed by atoms with E-state index in [1.54, 1.807) is 0 Å². The second-order valence-electron chi connectivity index (χ2n) is 6.49. The second-order valence-corrected chi connectivity index (χ2v) is 6.49. The number of nitrogens with zero attached hydrogens (tertiary/aromatic N) is 2. The number of rotatable bonds is 6. The minimum atomic E-state index is -0.199. The van der Waals surface area contributed by atoms with E-state index in [0.29, 0.717) is 38.7 Å². The molecule has 0 radical (unpaired) electrons. The highest BCUT2D eigenvalue weighted by Crippen LogP contribution is 2.19. The summed E-state index contributed by atoms with van der Waals surface area (Å²) in [5, 5.41) is 10.1. The number of carbonyl (C=O) groups excluding carboxylic acids is 1. The van der Waals surface area contributed by atoms with Gasteiger partial charge in [0, 0.05) is 30.8 Å². The molecule has 1 amide bonds. The van der Waals surface area contributed by atoms with Gasteiger partial charge in [0.15, 0.2) is 5.69 Å². The predicted octanol–water partition coefficient (Wildman–Crippen LogP) is -0.0521. The molecule has 1 saturated heterocycles. The van der Waals surface area contributed by atoms with Crippen LogP contribution in [-0.4, -0.2) is 80.2 Å². The smallest absolute Gasteiger partial charge is 0.272 e. The molecular weight excluding hydrogens is 312 g/mol. The van der Waals surface area contributed by atoms with Crippen LogP contribution in [0.1, 0.15) is 28.2 Å². The van der Waals surface area contributed by atoms with Crippen molar-refractivity contribution in [2.75, 3.05) is 47.1 Å². The molecule has 3 heterocycles. The van der Waals surface area contributed by atoms with Crippen molar-refractivity contribution in [2.45, 2.75) is 31.6 Å². The van der Waals surface area contributed by atoms with Crippen molar-refractivity contribution in [3.05, 3.63) is 17.0 Å². The Morgan fingerprint density at radius 1 is 1.42 bits per heavy atom. The van der Waals surface area contributed by atoms with Gasteiger partial charge in [-0.3, -0.25) is 9.89 Å². The number of aromatic nitrogens is 2. The van der Waals surface area contributed by atoms with E-state index >= 15 is 0 Å². The van der Waals surface area contributed by atoms with Crippen molar-refractivity contribution in [2.24, 2.45) is 0 Å². The number of amides is 1. The average molecular weight is 338 g/mol. The third-order valence-corrected chi connectivity index (χ3v) is 4.39. The molecule has 1 aromatic rings. The molecule has 0 aliphatic carbocycles. The Labute approximate surface area is 141 Å². The van der Waals surface area contributed by atoms with Gasteiger partial charge in [0.05, 0.1) is 38.6 Å². The highest BCUT2D eigenvalue weighted by atomic mass is 16.5. The van der Waals surface area contributed by atoms with E-state index in [1.165, 1.54) is 0 Å². The van der Waals surface area contributed by atoms with Gasteiger partial charge in [-0.1, -0.05) is 0 Å². The summed E-state index contributed by atoms with van der Waals surface area (Å²) in [5.74, 6) is -0.199. The number of aromatic amines is 1. The van der Waals surface area contributed by atoms with Gasteiger partial charge in [0.1, 0.15) is 0 Å². The summed E-state index contributed by atoms with van der Waals surface area (Å²) in [6.45, 7) is 3.69. The molecule has 0 spiro atoms. The summed E-state index contributed by atoms with van der Waals surface area (Å²) in [6.07, 6.45) is 1.51. The molecule has 0 saturated carbocycles. The lowest BCUT2D eigenvalue weighted by Crippen LogP contribution is -2.51. The molecule has 0 bridgehead atoms. The first-order chi connectivity index (χ1) is 11.6. The normalized spacial score (nSPS) is 24.0. The fourth-order valence-corrected chi connectivity index (χ4v) is 2.98. The molecule has 2 aliphatic heterocycles. The van der Waals surface area contributed by atoms with Gasteiger partial charge in [0.2, 0.25) is 0 Å². The number of carbonyl (C=O) groups is 1. The number of fused-ring (bicyclic) bond motifs is 1. The molecule has 1 aromatic heterocycles. The first-order valence-electron chi connectivity index (χ1n) is 8.44. The van der Waals surface area contributed by atoms with E-state index in [4.69, 9.17) is 14.2 Å². The Balaban J connectivity index is 1.60. The first-order valence-corrected chi connectivity index (χ1v) is 8.44. The summed E-state index contributed by atoms with van der Waals surface area (Å²) in [4.78, 5) is 14.7. The fourth-order valence-electron chi connectivity index (χ4n) is 2.98. The van der Waals surface area contributed by atoms with Crippen LogP contribution in [-0.2, 0) is 27.2 Å². The molecule has 134 valence electrons. The van der Waals surface area contributed by atoms with Crippen LogP contribution in [0.4, 0.5) is 0 Å². The van der Waals surface area contributed by atoms with E-state index < -0.39 is 0 Å². The minimum Gasteiger partial charge on any atom is -0.379 e. The molecular formula is C16H26N4O4. The lowest BCUT2D eigenvalue weighted by Gasteiger charge is -2.32. The number of hydrogen-bond donors (Lipinski definition) is 2. The maximum Gasteiger partial charge on any atom is 0.272 e. The van der Waals surface area contributed by atoms with Crippen LogP contribution in [0.2, 0.25) is 0 Å². The number of likely N-dealkylation sites (N-methyl/N-ethyl adjacent to an activating group) is 1. The maximum absolute atomic E-state index is 12.6. The molecule has 2 aliphatic rings. The lowest BCUT2D eigenvalue weighted by molar-refractivity contribution is -0.0562. The predicted molar refractivity (Wildman–Crippen MR) is 86.9 cm³/mol. The van der Waals surface area contributed by atoms with E-state index in [1.807, 2.05) is 14.1 Å². The summed E-state index contributed by atoms with van der Waals surface area (Å²) in [5.41, 5.74) is 2.27. The van der Waals surface area contributed by atoms with Crippen LogP contribution in [0.5, 0.6) is 0 Å². The van der Waals surface area contributed by atoms with Crippen LogP contribution in [0, 0.1) is 0 Å². The topological polar surface area (TPSA) is 88.7 Å². The zero-order valence-electron chi connectivity index (χ0n) is 14.3. The van der Waals surface area contributed by atoms with E-state index in [0.717, 1.165) is 30.6 Å². The van der Waals surface area contributed by atoms with Crippen LogP contribution in [0.25, 0.3) is 0 Å². The van der Waals surface area contributed by atoms with E-state index in [-0.39, 0.29) is 18.1 Å². The zero-order valence-corrected chi connectivity index (χ0v) is 14.3. The van der Waals surface area contributed by atoms with Gasteiger partial charge in [-0.05, 0) is 20.5 Å². The van der Waals surface area contributed by atoms with Crippen LogP contribution in [0.3, 0.4) is 0 Å². The van der Waals surface area contributed by atoms with E-state index in [9.17, 15) is 4.79 Å². The summed E-state index contributed by atoms with van der Waals surface area (Å²) in [7, 11) is 4.02. The Morgan fingerprint density at radius 2 is 2.29 bits per heavy atom. The highest BCUT2D eigenvalue weighted by Gasteiger charge is 2.30. The van der Waals surface area contributed by atoms with Crippen LogP contribution in [0.15, 0.2) is 0 Å². The summed E-state index contributed by atoms with van der Waals surface area (Å²) >= 11 is 0. The zero-order chi connectivity index (χ0) is 16.9. The van der Waals surface area contributed by atoms with Gasteiger partial charge in [-0.15, -0.1) is 0 Å². The molecule has 2 N–H and O–H groups in total. The number of ether oxygens (including phenoxy) is 3. The second kappa shape index (κ2) is 8.06. The average Bonchev–Trinajstić information content (AvgIpc) is 3.00. The summed E-state index contributed by atoms with van der Waals surface area (Å²) < 4.78 is 16.9. The Morgan fingerprint density at radius 3 is 3.12 bits per heavy atom. The number of hydrogen-bond acceptors (Lipinski definition) is 6. The van der Waals surface area contributed by atoms with Gasteiger partial charge >= 0.3 is 0 Å². The molecule has 3 rings (SSSR count). The van der Waals surface area contributed by atoms with Crippen LogP contribution >= 0.6 is 0 Å². The minimum absolute atomic E-state index is 0.0336. The van der Waals surface area contributed by atoms with Crippen molar-refractivity contribution in [3.63, 3.8) is 0 Å². The molecule has 24 heavy (non-hydrogen) atoms. The lowest BCUT2D eigenvalue weighted by atomic mass is 10.1. The van der Waals surface area contributed by atoms with Crippen molar-refractivity contribution in [1.29, 1.82) is 0 Å². The molecule has 1 fully saturated rings. The van der Waals surface area contributed by atoms with Gasteiger partial charge < -0.3 is 24.4 Å². The third kappa shape index (κ3) is 4.13. The standard InChI is InChI=1S/C16H26N4O4/c1-20(2)5-8-24-14-4-7-23-10-13(14)17-16(21)15-11-9-22-6-3-12(11)18-19-15/h13-14H,3-10H2,1-2H3,(H,17,21)(H,18,19)/t13-,14+/m0/s1. The van der Waals surface area contributed by atoms with Crippen LogP contribution < -0.4 is 5.32 Å². The number of H-pyrrole nitrogens is 1. The molecule has 8 nitrogen and oxygen atoms in total. The molecule has 2 atom stereocenters. The van der Waals surface area contributed by atoms with Crippen molar-refractivity contribution < 1.29 is 19.0 Å². The largest absolute Gasteiger partial charge is 0.379 e. The number of nitrogens with one attached hydrogen (secondary N) is 2. The van der Waals surface area contributed by atoms with Crippen molar-refractivity contribution >= 4 is 5.91 Å². The third-order valence-electron chi connectivity index (χ3n) is 4.39. The highest BCUT2D eigenvalue weighted by molar-refractivity contribution is 5.94. The van der Waals surface area contributed by atoms with Gasteiger partial charge in [-0.25, -0.2) is 0 Å². The van der Waals surface area contributed by atoms with Crippen molar-refractivity contribution in [1.82, 2.24) is 20.4 Å². The molecule has 0 unspecified atom stereocenters. The fraction of sp³-hybridized carbons (Fsp3) is 0.750. The van der Waals surface area contributed by atoms with Gasteiger partial charge in [0.25, 0.3) is 5.91 Å². The quantitative estimate of drug-likeness (QED) is 0.756. The molecule has 8 heteroatoms. The van der Waals surface area contributed by atoms with E-state index in [2.05, 4.69) is 20.4 Å². The van der Waals surface area contributed by atoms with Crippen molar-refractivity contribution in [3.8, 4) is 0 Å². The Hall–Kier alpha value is -1.48. The van der Waals surface area contributed by atoms with Gasteiger partial charge in [-0.2, -0.15) is 5.10 Å². The SMILES string of the molecule is CN(C)CCO[C@@H]1CCOC[C@@H]1NC(=O)c1n[nH]c2c1COCC2. The summed E-state index contributed by atoms with van der Waals surface area (Å²) in [6, 6.07) is -0.162.